The normalized spacial score (nSPS) is 13.6. The summed E-state index contributed by atoms with van der Waals surface area (Å²) in [5.74, 6) is 0.936. The minimum absolute atomic E-state index is 0.0881. The molecule has 1 atom stereocenters. The summed E-state index contributed by atoms with van der Waals surface area (Å²) < 4.78 is 0. The third kappa shape index (κ3) is 7.99. The number of thioether (sulfide) groups is 1. The molecule has 0 aliphatic rings. The predicted octanol–water partition coefficient (Wildman–Crippen LogP) is 2.02. The Labute approximate surface area is 104 Å². The summed E-state index contributed by atoms with van der Waals surface area (Å²) in [4.78, 5) is 11.9. The Balaban J connectivity index is 4.23. The molecule has 3 nitrogen and oxygen atoms in total. The number of carbonyl (C=O) groups excluding carboxylic acids is 1. The third-order valence-electron chi connectivity index (χ3n) is 1.88. The van der Waals surface area contributed by atoms with Crippen molar-refractivity contribution in [1.29, 1.82) is 0 Å². The molecule has 0 spiro atoms. The first-order valence-electron chi connectivity index (χ1n) is 6.01. The lowest BCUT2D eigenvalue weighted by atomic mass is 10.2. The Morgan fingerprint density at radius 3 is 2.00 bits per heavy atom. The fourth-order valence-electron chi connectivity index (χ4n) is 1.28. The van der Waals surface area contributed by atoms with Gasteiger partial charge in [-0.2, -0.15) is 11.8 Å². The van der Waals surface area contributed by atoms with Gasteiger partial charge in [0.1, 0.15) is 0 Å². The lowest BCUT2D eigenvalue weighted by Crippen LogP contribution is -2.50. The highest BCUT2D eigenvalue weighted by Gasteiger charge is 2.19. The van der Waals surface area contributed by atoms with E-state index >= 15 is 0 Å². The van der Waals surface area contributed by atoms with Crippen LogP contribution >= 0.6 is 11.8 Å². The fourth-order valence-corrected chi connectivity index (χ4v) is 2.10. The van der Waals surface area contributed by atoms with E-state index in [1.807, 2.05) is 25.6 Å². The molecule has 2 N–H and O–H groups in total. The van der Waals surface area contributed by atoms with E-state index in [0.29, 0.717) is 11.3 Å². The Kier molecular flexibility index (Phi) is 7.85. The average Bonchev–Trinajstić information content (AvgIpc) is 2.09. The van der Waals surface area contributed by atoms with E-state index in [4.69, 9.17) is 0 Å². The van der Waals surface area contributed by atoms with Crippen molar-refractivity contribution in [3.63, 3.8) is 0 Å². The van der Waals surface area contributed by atoms with Crippen molar-refractivity contribution in [2.24, 2.45) is 0 Å². The topological polar surface area (TPSA) is 41.1 Å². The lowest BCUT2D eigenvalue weighted by molar-refractivity contribution is -0.123. The van der Waals surface area contributed by atoms with Gasteiger partial charge in [-0.15, -0.1) is 0 Å². The van der Waals surface area contributed by atoms with Gasteiger partial charge in [-0.3, -0.25) is 4.79 Å². The highest BCUT2D eigenvalue weighted by molar-refractivity contribution is 7.99. The van der Waals surface area contributed by atoms with E-state index in [0.717, 1.165) is 5.75 Å². The van der Waals surface area contributed by atoms with Gasteiger partial charge in [0, 0.05) is 17.8 Å². The number of amides is 1. The second-order valence-corrected chi connectivity index (χ2v) is 6.53. The standard InChI is InChI=1S/C12H26N2OS/c1-8(2)13-11(7-16-10(5)6)12(15)14-9(3)4/h8-11,13H,7H2,1-6H3,(H,14,15)/t11-/m0/s1. The maximum Gasteiger partial charge on any atom is 0.238 e. The summed E-state index contributed by atoms with van der Waals surface area (Å²) >= 11 is 1.81. The molecule has 0 aliphatic heterocycles. The quantitative estimate of drug-likeness (QED) is 0.722. The summed E-state index contributed by atoms with van der Waals surface area (Å²) in [7, 11) is 0. The SMILES string of the molecule is CC(C)NC(=O)[C@H](CSC(C)C)NC(C)C. The zero-order valence-electron chi connectivity index (χ0n) is 11.3. The van der Waals surface area contributed by atoms with Crippen molar-refractivity contribution in [3.05, 3.63) is 0 Å². The van der Waals surface area contributed by atoms with Gasteiger partial charge in [0.25, 0.3) is 0 Å². The Morgan fingerprint density at radius 1 is 1.06 bits per heavy atom. The second-order valence-electron chi connectivity index (χ2n) is 4.92. The van der Waals surface area contributed by atoms with Crippen molar-refractivity contribution >= 4 is 17.7 Å². The number of nitrogens with one attached hydrogen (secondary N) is 2. The Bertz CT molecular complexity index is 205. The highest BCUT2D eigenvalue weighted by Crippen LogP contribution is 2.11. The van der Waals surface area contributed by atoms with E-state index in [2.05, 4.69) is 38.3 Å². The average molecular weight is 246 g/mol. The van der Waals surface area contributed by atoms with Crippen LogP contribution in [-0.2, 0) is 4.79 Å². The van der Waals surface area contributed by atoms with E-state index in [9.17, 15) is 4.79 Å². The molecule has 0 aromatic rings. The van der Waals surface area contributed by atoms with Gasteiger partial charge < -0.3 is 10.6 Å². The first-order valence-corrected chi connectivity index (χ1v) is 7.05. The van der Waals surface area contributed by atoms with Crippen LogP contribution in [0.1, 0.15) is 41.5 Å². The second kappa shape index (κ2) is 7.96. The number of rotatable bonds is 7. The van der Waals surface area contributed by atoms with Crippen LogP contribution < -0.4 is 10.6 Å². The van der Waals surface area contributed by atoms with Crippen LogP contribution in [0.3, 0.4) is 0 Å². The molecule has 0 fully saturated rings. The van der Waals surface area contributed by atoms with Crippen LogP contribution in [0.5, 0.6) is 0 Å². The summed E-state index contributed by atoms with van der Waals surface area (Å²) in [6.45, 7) is 12.4. The molecule has 0 radical (unpaired) electrons. The number of carbonyl (C=O) groups is 1. The Morgan fingerprint density at radius 2 is 1.62 bits per heavy atom. The number of hydrogen-bond donors (Lipinski definition) is 2. The van der Waals surface area contributed by atoms with Crippen LogP contribution in [-0.4, -0.2) is 35.0 Å². The molecule has 0 aliphatic carbocycles. The molecular weight excluding hydrogens is 220 g/mol. The van der Waals surface area contributed by atoms with E-state index in [-0.39, 0.29) is 18.0 Å². The first kappa shape index (κ1) is 15.8. The Hall–Kier alpha value is -0.220. The minimum atomic E-state index is -0.0881. The fraction of sp³-hybridized carbons (Fsp3) is 0.917. The highest BCUT2D eigenvalue weighted by atomic mass is 32.2. The van der Waals surface area contributed by atoms with Gasteiger partial charge in [-0.05, 0) is 19.1 Å². The molecular formula is C12H26N2OS. The van der Waals surface area contributed by atoms with Gasteiger partial charge in [0.05, 0.1) is 6.04 Å². The molecule has 1 amide bonds. The molecule has 0 saturated heterocycles. The monoisotopic (exact) mass is 246 g/mol. The summed E-state index contributed by atoms with van der Waals surface area (Å²) in [5, 5.41) is 6.82. The van der Waals surface area contributed by atoms with Crippen molar-refractivity contribution in [3.8, 4) is 0 Å². The van der Waals surface area contributed by atoms with Gasteiger partial charge in [0.2, 0.25) is 5.91 Å². The van der Waals surface area contributed by atoms with Gasteiger partial charge in [-0.1, -0.05) is 27.7 Å². The minimum Gasteiger partial charge on any atom is -0.353 e. The maximum atomic E-state index is 11.9. The molecule has 0 saturated carbocycles. The van der Waals surface area contributed by atoms with Crippen LogP contribution in [0.4, 0.5) is 0 Å². The van der Waals surface area contributed by atoms with Gasteiger partial charge in [-0.25, -0.2) is 0 Å². The molecule has 0 rings (SSSR count). The molecule has 0 bridgehead atoms. The lowest BCUT2D eigenvalue weighted by Gasteiger charge is -2.22. The van der Waals surface area contributed by atoms with E-state index in [1.54, 1.807) is 0 Å². The molecule has 0 unspecified atom stereocenters. The zero-order valence-corrected chi connectivity index (χ0v) is 12.1. The van der Waals surface area contributed by atoms with Crippen LogP contribution in [0, 0.1) is 0 Å². The molecule has 4 heteroatoms. The third-order valence-corrected chi connectivity index (χ3v) is 3.07. The molecule has 0 aromatic carbocycles. The molecule has 0 heterocycles. The summed E-state index contributed by atoms with van der Waals surface area (Å²) in [5.41, 5.74) is 0. The van der Waals surface area contributed by atoms with Crippen molar-refractivity contribution < 1.29 is 4.79 Å². The predicted molar refractivity (Wildman–Crippen MR) is 72.9 cm³/mol. The van der Waals surface area contributed by atoms with E-state index in [1.165, 1.54) is 0 Å². The largest absolute Gasteiger partial charge is 0.353 e. The van der Waals surface area contributed by atoms with Gasteiger partial charge >= 0.3 is 0 Å². The molecule has 16 heavy (non-hydrogen) atoms. The number of hydrogen-bond acceptors (Lipinski definition) is 3. The zero-order chi connectivity index (χ0) is 12.7. The van der Waals surface area contributed by atoms with Crippen molar-refractivity contribution in [1.82, 2.24) is 10.6 Å². The smallest absolute Gasteiger partial charge is 0.238 e. The molecule has 0 aromatic heterocycles. The maximum absolute atomic E-state index is 11.9. The van der Waals surface area contributed by atoms with Crippen LogP contribution in [0.15, 0.2) is 0 Å². The summed E-state index contributed by atoms with van der Waals surface area (Å²) in [6, 6.07) is 0.443. The van der Waals surface area contributed by atoms with Crippen molar-refractivity contribution in [2.45, 2.75) is 64.9 Å². The van der Waals surface area contributed by atoms with Crippen LogP contribution in [0.25, 0.3) is 0 Å². The first-order chi connectivity index (χ1) is 7.32. The van der Waals surface area contributed by atoms with E-state index < -0.39 is 0 Å². The van der Waals surface area contributed by atoms with Gasteiger partial charge in [0.15, 0.2) is 0 Å². The van der Waals surface area contributed by atoms with Crippen LogP contribution in [0.2, 0.25) is 0 Å². The van der Waals surface area contributed by atoms with Crippen molar-refractivity contribution in [2.75, 3.05) is 5.75 Å². The molecule has 96 valence electrons. The summed E-state index contributed by atoms with van der Waals surface area (Å²) in [6.07, 6.45) is 0.